The first kappa shape index (κ1) is 19.9. The fraction of sp³-hybridized carbons (Fsp3) is 0.667. The van der Waals surface area contributed by atoms with E-state index in [0.29, 0.717) is 11.8 Å². The van der Waals surface area contributed by atoms with Crippen LogP contribution in [0, 0.1) is 5.92 Å². The van der Waals surface area contributed by atoms with Gasteiger partial charge in [0.05, 0.1) is 6.61 Å². The first-order valence-corrected chi connectivity index (χ1v) is 9.54. The van der Waals surface area contributed by atoms with Crippen LogP contribution in [0.5, 0.6) is 0 Å². The van der Waals surface area contributed by atoms with Gasteiger partial charge in [0.25, 0.3) is 5.91 Å². The van der Waals surface area contributed by atoms with Crippen molar-refractivity contribution in [2.24, 2.45) is 5.92 Å². The Labute approximate surface area is 153 Å². The average Bonchev–Trinajstić information content (AvgIpc) is 2.59. The van der Waals surface area contributed by atoms with Crippen molar-refractivity contribution >= 4 is 5.91 Å². The summed E-state index contributed by atoms with van der Waals surface area (Å²) in [6.07, 6.45) is 1.04. The van der Waals surface area contributed by atoms with Crippen molar-refractivity contribution in [2.45, 2.75) is 46.1 Å². The Morgan fingerprint density at radius 1 is 1.16 bits per heavy atom. The van der Waals surface area contributed by atoms with Crippen LogP contribution in [0.1, 0.15) is 56.0 Å². The highest BCUT2D eigenvalue weighted by molar-refractivity contribution is 5.94. The van der Waals surface area contributed by atoms with Crippen LogP contribution in [0.4, 0.5) is 0 Å². The highest BCUT2D eigenvalue weighted by Crippen LogP contribution is 2.21. The maximum Gasteiger partial charge on any atom is 0.254 e. The summed E-state index contributed by atoms with van der Waals surface area (Å²) in [5.74, 6) is 1.24. The van der Waals surface area contributed by atoms with Crippen molar-refractivity contribution in [3.8, 4) is 0 Å². The molecule has 1 aromatic rings. The SMILES string of the molecule is COCCN1CCN(C(=O)c2ccc(C(C)C)cc2)C(CC(C)C)C1. The molecule has 0 spiro atoms. The normalized spacial score (nSPS) is 19.0. The van der Waals surface area contributed by atoms with Crippen LogP contribution in [0.15, 0.2) is 24.3 Å². The van der Waals surface area contributed by atoms with E-state index in [0.717, 1.165) is 44.8 Å². The third-order valence-electron chi connectivity index (χ3n) is 5.01. The van der Waals surface area contributed by atoms with E-state index in [-0.39, 0.29) is 11.9 Å². The molecule has 0 bridgehead atoms. The first-order chi connectivity index (χ1) is 11.9. The summed E-state index contributed by atoms with van der Waals surface area (Å²) in [5, 5.41) is 0. The van der Waals surface area contributed by atoms with Crippen LogP contribution in [0.3, 0.4) is 0 Å². The van der Waals surface area contributed by atoms with Gasteiger partial charge in [0, 0.05) is 44.9 Å². The van der Waals surface area contributed by atoms with Crippen molar-refractivity contribution < 1.29 is 9.53 Å². The van der Waals surface area contributed by atoms with E-state index in [2.05, 4.69) is 49.6 Å². The summed E-state index contributed by atoms with van der Waals surface area (Å²) in [5.41, 5.74) is 2.09. The van der Waals surface area contributed by atoms with E-state index < -0.39 is 0 Å². The molecule has 0 aliphatic carbocycles. The summed E-state index contributed by atoms with van der Waals surface area (Å²) in [6, 6.07) is 8.43. The lowest BCUT2D eigenvalue weighted by atomic mass is 9.98. The second kappa shape index (κ2) is 9.35. The Balaban J connectivity index is 2.09. The van der Waals surface area contributed by atoms with Gasteiger partial charge in [-0.3, -0.25) is 9.69 Å². The molecule has 0 saturated carbocycles. The van der Waals surface area contributed by atoms with Gasteiger partial charge in [0.15, 0.2) is 0 Å². The zero-order chi connectivity index (χ0) is 18.4. The molecule has 1 unspecified atom stereocenters. The van der Waals surface area contributed by atoms with E-state index in [1.807, 2.05) is 12.1 Å². The molecule has 1 aromatic carbocycles. The molecule has 4 heteroatoms. The highest BCUT2D eigenvalue weighted by atomic mass is 16.5. The quantitative estimate of drug-likeness (QED) is 0.756. The largest absolute Gasteiger partial charge is 0.383 e. The summed E-state index contributed by atoms with van der Waals surface area (Å²) < 4.78 is 5.21. The summed E-state index contributed by atoms with van der Waals surface area (Å²) in [4.78, 5) is 17.6. The van der Waals surface area contributed by atoms with Gasteiger partial charge in [0.1, 0.15) is 0 Å². The second-order valence-electron chi connectivity index (χ2n) is 7.85. The number of hydrogen-bond donors (Lipinski definition) is 0. The minimum absolute atomic E-state index is 0.173. The number of carbonyl (C=O) groups is 1. The van der Waals surface area contributed by atoms with Gasteiger partial charge in [-0.15, -0.1) is 0 Å². The molecule has 140 valence electrons. The molecule has 1 aliphatic heterocycles. The second-order valence-corrected chi connectivity index (χ2v) is 7.85. The zero-order valence-corrected chi connectivity index (χ0v) is 16.5. The van der Waals surface area contributed by atoms with Crippen molar-refractivity contribution in [3.63, 3.8) is 0 Å². The lowest BCUT2D eigenvalue weighted by Crippen LogP contribution is -2.56. The molecule has 0 N–H and O–H groups in total. The zero-order valence-electron chi connectivity index (χ0n) is 16.5. The van der Waals surface area contributed by atoms with Gasteiger partial charge in [-0.2, -0.15) is 0 Å². The number of hydrogen-bond acceptors (Lipinski definition) is 3. The van der Waals surface area contributed by atoms with Gasteiger partial charge in [-0.05, 0) is 36.0 Å². The minimum Gasteiger partial charge on any atom is -0.383 e. The molecule has 0 radical (unpaired) electrons. The summed E-state index contributed by atoms with van der Waals surface area (Å²) in [6.45, 7) is 13.2. The molecular weight excluding hydrogens is 312 g/mol. The molecule has 2 rings (SSSR count). The minimum atomic E-state index is 0.173. The highest BCUT2D eigenvalue weighted by Gasteiger charge is 2.31. The van der Waals surface area contributed by atoms with Crippen LogP contribution >= 0.6 is 0 Å². The van der Waals surface area contributed by atoms with Crippen LogP contribution in [-0.2, 0) is 4.74 Å². The Morgan fingerprint density at radius 2 is 1.84 bits per heavy atom. The molecule has 1 heterocycles. The smallest absolute Gasteiger partial charge is 0.254 e. The third kappa shape index (κ3) is 5.55. The van der Waals surface area contributed by atoms with Gasteiger partial charge in [-0.1, -0.05) is 39.8 Å². The average molecular weight is 347 g/mol. The summed E-state index contributed by atoms with van der Waals surface area (Å²) >= 11 is 0. The van der Waals surface area contributed by atoms with Crippen LogP contribution in [0.2, 0.25) is 0 Å². The third-order valence-corrected chi connectivity index (χ3v) is 5.01. The fourth-order valence-electron chi connectivity index (χ4n) is 3.53. The van der Waals surface area contributed by atoms with Gasteiger partial charge >= 0.3 is 0 Å². The first-order valence-electron chi connectivity index (χ1n) is 9.54. The lowest BCUT2D eigenvalue weighted by molar-refractivity contribution is 0.0349. The molecule has 1 amide bonds. The molecule has 25 heavy (non-hydrogen) atoms. The maximum atomic E-state index is 13.1. The Bertz CT molecular complexity index is 539. The van der Waals surface area contributed by atoms with Gasteiger partial charge in [-0.25, -0.2) is 0 Å². The van der Waals surface area contributed by atoms with Crippen LogP contribution < -0.4 is 0 Å². The number of carbonyl (C=O) groups excluding carboxylic acids is 1. The molecular formula is C21H34N2O2. The topological polar surface area (TPSA) is 32.8 Å². The number of amides is 1. The van der Waals surface area contributed by atoms with E-state index >= 15 is 0 Å². The Kier molecular flexibility index (Phi) is 7.45. The Hall–Kier alpha value is -1.39. The number of rotatable bonds is 7. The van der Waals surface area contributed by atoms with E-state index in [1.54, 1.807) is 7.11 Å². The fourth-order valence-corrected chi connectivity index (χ4v) is 3.53. The summed E-state index contributed by atoms with van der Waals surface area (Å²) in [7, 11) is 1.74. The number of ether oxygens (including phenoxy) is 1. The molecule has 1 aliphatic rings. The van der Waals surface area contributed by atoms with Gasteiger partial charge in [0.2, 0.25) is 0 Å². The number of piperazine rings is 1. The van der Waals surface area contributed by atoms with E-state index in [9.17, 15) is 4.79 Å². The number of methoxy groups -OCH3 is 1. The number of benzene rings is 1. The molecule has 0 aromatic heterocycles. The van der Waals surface area contributed by atoms with E-state index in [1.165, 1.54) is 5.56 Å². The van der Waals surface area contributed by atoms with Crippen molar-refractivity contribution in [2.75, 3.05) is 39.9 Å². The van der Waals surface area contributed by atoms with Crippen LogP contribution in [0.25, 0.3) is 0 Å². The predicted molar refractivity (Wildman–Crippen MR) is 103 cm³/mol. The van der Waals surface area contributed by atoms with E-state index in [4.69, 9.17) is 4.74 Å². The van der Waals surface area contributed by atoms with Crippen LogP contribution in [-0.4, -0.2) is 61.6 Å². The monoisotopic (exact) mass is 346 g/mol. The van der Waals surface area contributed by atoms with Crippen molar-refractivity contribution in [3.05, 3.63) is 35.4 Å². The predicted octanol–water partition coefficient (Wildman–Crippen LogP) is 3.63. The Morgan fingerprint density at radius 3 is 2.40 bits per heavy atom. The maximum absolute atomic E-state index is 13.1. The van der Waals surface area contributed by atoms with Crippen molar-refractivity contribution in [1.29, 1.82) is 0 Å². The lowest BCUT2D eigenvalue weighted by Gasteiger charge is -2.42. The van der Waals surface area contributed by atoms with Crippen molar-refractivity contribution in [1.82, 2.24) is 9.80 Å². The molecule has 1 atom stereocenters. The van der Waals surface area contributed by atoms with Gasteiger partial charge < -0.3 is 9.64 Å². The number of nitrogens with zero attached hydrogens (tertiary/aromatic N) is 2. The molecule has 4 nitrogen and oxygen atoms in total. The molecule has 1 fully saturated rings. The standard InChI is InChI=1S/C21H34N2O2/c1-16(2)14-20-15-22(12-13-25-5)10-11-23(20)21(24)19-8-6-18(7-9-19)17(3)4/h6-9,16-17,20H,10-15H2,1-5H3. The molecule has 1 saturated heterocycles.